The van der Waals surface area contributed by atoms with E-state index in [0.29, 0.717) is 20.6 Å². The lowest BCUT2D eigenvalue weighted by Gasteiger charge is -2.10. The molecule has 0 fully saturated rings. The molecule has 0 aliphatic carbocycles. The normalized spacial score (nSPS) is 10.2. The van der Waals surface area contributed by atoms with Crippen LogP contribution in [0.4, 0.5) is 5.69 Å². The van der Waals surface area contributed by atoms with Crippen LogP contribution in [-0.2, 0) is 0 Å². The highest BCUT2D eigenvalue weighted by Crippen LogP contribution is 2.28. The molecule has 4 nitrogen and oxygen atoms in total. The summed E-state index contributed by atoms with van der Waals surface area (Å²) < 4.78 is 0.735. The van der Waals surface area contributed by atoms with Crippen LogP contribution in [0, 0.1) is 0 Å². The summed E-state index contributed by atoms with van der Waals surface area (Å²) in [5, 5.41) is 2.46. The van der Waals surface area contributed by atoms with Crippen molar-refractivity contribution < 1.29 is 4.79 Å². The van der Waals surface area contributed by atoms with Gasteiger partial charge in [-0.1, -0.05) is 23.2 Å². The zero-order valence-corrected chi connectivity index (χ0v) is 12.6. The number of amides is 1. The Morgan fingerprint density at radius 2 is 2.00 bits per heavy atom. The van der Waals surface area contributed by atoms with Crippen molar-refractivity contribution in [2.24, 2.45) is 0 Å². The molecule has 2 N–H and O–H groups in total. The van der Waals surface area contributed by atoms with Crippen molar-refractivity contribution in [2.75, 3.05) is 5.43 Å². The first kappa shape index (κ1) is 13.6. The van der Waals surface area contributed by atoms with Crippen LogP contribution in [0.25, 0.3) is 0 Å². The fourth-order valence-electron chi connectivity index (χ4n) is 1.16. The first-order chi connectivity index (χ1) is 8.59. The predicted molar refractivity (Wildman–Crippen MR) is 77.4 cm³/mol. The zero-order valence-electron chi connectivity index (χ0n) is 8.71. The maximum absolute atomic E-state index is 11.8. The second-order valence-electron chi connectivity index (χ2n) is 3.15. The van der Waals surface area contributed by atoms with Gasteiger partial charge in [-0.25, -0.2) is 0 Å². The van der Waals surface area contributed by atoms with E-state index in [1.54, 1.807) is 6.07 Å². The number of thiophene rings is 1. The first-order valence-electron chi connectivity index (χ1n) is 4.68. The van der Waals surface area contributed by atoms with Gasteiger partial charge in [0, 0.05) is 16.9 Å². The SMILES string of the molecule is O=C(NNc1c(Cl)cncc1Cl)c1sccc1Br. The van der Waals surface area contributed by atoms with E-state index in [2.05, 4.69) is 31.8 Å². The second kappa shape index (κ2) is 5.88. The van der Waals surface area contributed by atoms with E-state index < -0.39 is 0 Å². The number of nitrogens with zero attached hydrogens (tertiary/aromatic N) is 1. The van der Waals surface area contributed by atoms with Crippen molar-refractivity contribution >= 4 is 62.1 Å². The fourth-order valence-corrected chi connectivity index (χ4v) is 3.07. The molecule has 2 rings (SSSR count). The minimum atomic E-state index is -0.277. The van der Waals surface area contributed by atoms with Crippen molar-refractivity contribution in [3.05, 3.63) is 43.2 Å². The lowest BCUT2D eigenvalue weighted by Crippen LogP contribution is -2.29. The summed E-state index contributed by atoms with van der Waals surface area (Å²) in [4.78, 5) is 16.2. The number of carbonyl (C=O) groups is 1. The lowest BCUT2D eigenvalue weighted by molar-refractivity contribution is 0.0966. The molecular weight excluding hydrogens is 361 g/mol. The standard InChI is InChI=1S/C10H6BrCl2N3OS/c11-5-1-2-18-9(5)10(17)16-15-8-6(12)3-14-4-7(8)13/h1-4H,(H,14,15)(H,16,17). The van der Waals surface area contributed by atoms with E-state index in [0.717, 1.165) is 4.47 Å². The molecular formula is C10H6BrCl2N3OS. The highest BCUT2D eigenvalue weighted by atomic mass is 79.9. The molecule has 0 aromatic carbocycles. The number of hydrogen-bond donors (Lipinski definition) is 2. The van der Waals surface area contributed by atoms with E-state index in [1.165, 1.54) is 23.7 Å². The number of hydrazine groups is 1. The molecule has 0 bridgehead atoms. The molecule has 1 amide bonds. The Labute approximate surface area is 125 Å². The summed E-state index contributed by atoms with van der Waals surface area (Å²) in [6.07, 6.45) is 2.87. The van der Waals surface area contributed by atoms with Crippen LogP contribution < -0.4 is 10.9 Å². The van der Waals surface area contributed by atoms with Crippen LogP contribution in [0.1, 0.15) is 9.67 Å². The maximum atomic E-state index is 11.8. The Kier molecular flexibility index (Phi) is 4.45. The zero-order chi connectivity index (χ0) is 13.1. The van der Waals surface area contributed by atoms with Gasteiger partial charge in [-0.05, 0) is 27.4 Å². The second-order valence-corrected chi connectivity index (χ2v) is 5.74. The number of hydrogen-bond acceptors (Lipinski definition) is 4. The van der Waals surface area contributed by atoms with Crippen molar-refractivity contribution in [3.63, 3.8) is 0 Å². The van der Waals surface area contributed by atoms with Gasteiger partial charge in [0.25, 0.3) is 5.91 Å². The number of rotatable bonds is 3. The number of halogens is 3. The van der Waals surface area contributed by atoms with Crippen molar-refractivity contribution in [2.45, 2.75) is 0 Å². The molecule has 0 saturated heterocycles. The fraction of sp³-hybridized carbons (Fsp3) is 0. The average molecular weight is 367 g/mol. The molecule has 2 aromatic rings. The Balaban J connectivity index is 2.09. The molecule has 94 valence electrons. The van der Waals surface area contributed by atoms with E-state index in [9.17, 15) is 4.79 Å². The lowest BCUT2D eigenvalue weighted by atomic mass is 10.4. The van der Waals surface area contributed by atoms with E-state index in [4.69, 9.17) is 23.2 Å². The summed E-state index contributed by atoms with van der Waals surface area (Å²) in [7, 11) is 0. The number of aromatic nitrogens is 1. The molecule has 0 spiro atoms. The van der Waals surface area contributed by atoms with Crippen molar-refractivity contribution in [1.29, 1.82) is 0 Å². The van der Waals surface area contributed by atoms with Crippen molar-refractivity contribution in [1.82, 2.24) is 10.4 Å². The molecule has 0 unspecified atom stereocenters. The average Bonchev–Trinajstić information content (AvgIpc) is 2.74. The molecule has 0 saturated carbocycles. The molecule has 0 aliphatic heterocycles. The third kappa shape index (κ3) is 2.95. The summed E-state index contributed by atoms with van der Waals surface area (Å²) in [5.74, 6) is -0.277. The smallest absolute Gasteiger partial charge is 0.280 e. The summed E-state index contributed by atoms with van der Waals surface area (Å²) in [6, 6.07) is 1.80. The molecule has 2 heterocycles. The first-order valence-corrected chi connectivity index (χ1v) is 7.11. The van der Waals surface area contributed by atoms with Crippen LogP contribution in [-0.4, -0.2) is 10.9 Å². The highest BCUT2D eigenvalue weighted by Gasteiger charge is 2.12. The molecule has 8 heteroatoms. The van der Waals surface area contributed by atoms with Gasteiger partial charge in [-0.3, -0.25) is 20.6 Å². The topological polar surface area (TPSA) is 54.0 Å². The Bertz CT molecular complexity index is 570. The highest BCUT2D eigenvalue weighted by molar-refractivity contribution is 9.10. The van der Waals surface area contributed by atoms with Gasteiger partial charge in [0.1, 0.15) is 4.88 Å². The van der Waals surface area contributed by atoms with Crippen LogP contribution in [0.5, 0.6) is 0 Å². The van der Waals surface area contributed by atoms with E-state index in [-0.39, 0.29) is 5.91 Å². The van der Waals surface area contributed by atoms with E-state index in [1.807, 2.05) is 5.38 Å². The molecule has 0 atom stereocenters. The largest absolute Gasteiger partial charge is 0.295 e. The van der Waals surface area contributed by atoms with Gasteiger partial charge in [-0.2, -0.15) is 0 Å². The van der Waals surface area contributed by atoms with Crippen LogP contribution in [0.3, 0.4) is 0 Å². The minimum absolute atomic E-state index is 0.277. The molecule has 0 radical (unpaired) electrons. The van der Waals surface area contributed by atoms with Gasteiger partial charge in [0.2, 0.25) is 0 Å². The van der Waals surface area contributed by atoms with Gasteiger partial charge < -0.3 is 0 Å². The minimum Gasteiger partial charge on any atom is -0.295 e. The third-order valence-corrected chi connectivity index (χ3v) is 4.39. The maximum Gasteiger partial charge on any atom is 0.280 e. The van der Waals surface area contributed by atoms with Crippen LogP contribution in [0.15, 0.2) is 28.3 Å². The van der Waals surface area contributed by atoms with Gasteiger partial charge >= 0.3 is 0 Å². The quantitative estimate of drug-likeness (QED) is 0.808. The Morgan fingerprint density at radius 3 is 2.56 bits per heavy atom. The Morgan fingerprint density at radius 1 is 1.33 bits per heavy atom. The summed E-state index contributed by atoms with van der Waals surface area (Å²) in [6.45, 7) is 0. The van der Waals surface area contributed by atoms with Crippen LogP contribution in [0.2, 0.25) is 10.0 Å². The Hall–Kier alpha value is -0.820. The molecule has 2 aromatic heterocycles. The molecule has 0 aliphatic rings. The van der Waals surface area contributed by atoms with Crippen LogP contribution >= 0.6 is 50.5 Å². The van der Waals surface area contributed by atoms with Gasteiger partial charge in [0.05, 0.1) is 15.7 Å². The molecule has 18 heavy (non-hydrogen) atoms. The number of nitrogens with one attached hydrogen (secondary N) is 2. The number of anilines is 1. The number of carbonyl (C=O) groups excluding carboxylic acids is 1. The van der Waals surface area contributed by atoms with Gasteiger partial charge in [0.15, 0.2) is 0 Å². The third-order valence-electron chi connectivity index (χ3n) is 1.98. The van der Waals surface area contributed by atoms with E-state index >= 15 is 0 Å². The van der Waals surface area contributed by atoms with Gasteiger partial charge in [-0.15, -0.1) is 11.3 Å². The summed E-state index contributed by atoms with van der Waals surface area (Å²) >= 11 is 16.4. The van der Waals surface area contributed by atoms with Crippen molar-refractivity contribution in [3.8, 4) is 0 Å². The monoisotopic (exact) mass is 365 g/mol. The number of pyridine rings is 1. The summed E-state index contributed by atoms with van der Waals surface area (Å²) in [5.41, 5.74) is 5.61. The predicted octanol–water partition coefficient (Wildman–Crippen LogP) is 3.97.